The molecule has 0 atom stereocenters. The van der Waals surface area contributed by atoms with E-state index in [9.17, 15) is 4.79 Å². The fourth-order valence-electron chi connectivity index (χ4n) is 1.34. The van der Waals surface area contributed by atoms with E-state index in [4.69, 9.17) is 11.0 Å². The highest BCUT2D eigenvalue weighted by Crippen LogP contribution is 2.16. The van der Waals surface area contributed by atoms with Crippen LogP contribution < -0.4 is 11.1 Å². The molecule has 1 aromatic rings. The van der Waals surface area contributed by atoms with Crippen molar-refractivity contribution >= 4 is 11.7 Å². The van der Waals surface area contributed by atoms with Crippen molar-refractivity contribution < 1.29 is 4.79 Å². The Morgan fingerprint density at radius 3 is 2.76 bits per heavy atom. The van der Waals surface area contributed by atoms with Gasteiger partial charge in [-0.05, 0) is 25.8 Å². The van der Waals surface area contributed by atoms with E-state index >= 15 is 0 Å². The SMILES string of the molecule is Cc1nnc(NCCCC(N)=O)c(C#N)c1C. The lowest BCUT2D eigenvalue weighted by atomic mass is 10.1. The highest BCUT2D eigenvalue weighted by Gasteiger charge is 2.09. The van der Waals surface area contributed by atoms with Crippen LogP contribution in [0.25, 0.3) is 0 Å². The molecule has 90 valence electrons. The molecular formula is C11H15N5O. The van der Waals surface area contributed by atoms with Crippen molar-refractivity contribution in [2.45, 2.75) is 26.7 Å². The lowest BCUT2D eigenvalue weighted by Crippen LogP contribution is -2.14. The lowest BCUT2D eigenvalue weighted by Gasteiger charge is -2.08. The van der Waals surface area contributed by atoms with Gasteiger partial charge in [0.1, 0.15) is 11.6 Å². The van der Waals surface area contributed by atoms with Crippen molar-refractivity contribution in [3.63, 3.8) is 0 Å². The Labute approximate surface area is 99.8 Å². The molecule has 0 aliphatic carbocycles. The summed E-state index contributed by atoms with van der Waals surface area (Å²) in [5, 5.41) is 19.9. The first-order valence-corrected chi connectivity index (χ1v) is 5.32. The fraction of sp³-hybridized carbons (Fsp3) is 0.455. The second-order valence-corrected chi connectivity index (χ2v) is 3.74. The Bertz CT molecular complexity index is 464. The van der Waals surface area contributed by atoms with Crippen molar-refractivity contribution in [2.24, 2.45) is 5.73 Å². The number of aryl methyl sites for hydroxylation is 1. The maximum Gasteiger partial charge on any atom is 0.217 e. The number of nitrogens with two attached hydrogens (primary N) is 1. The number of hydrogen-bond acceptors (Lipinski definition) is 5. The van der Waals surface area contributed by atoms with E-state index in [-0.39, 0.29) is 5.91 Å². The molecule has 0 saturated carbocycles. The molecule has 0 saturated heterocycles. The van der Waals surface area contributed by atoms with Gasteiger partial charge in [0.2, 0.25) is 5.91 Å². The summed E-state index contributed by atoms with van der Waals surface area (Å²) in [5.74, 6) is 0.124. The summed E-state index contributed by atoms with van der Waals surface area (Å²) >= 11 is 0. The Kier molecular flexibility index (Phi) is 4.40. The molecule has 1 heterocycles. The number of anilines is 1. The molecule has 0 aromatic carbocycles. The van der Waals surface area contributed by atoms with Gasteiger partial charge in [-0.2, -0.15) is 10.4 Å². The number of carbonyl (C=O) groups excluding carboxylic acids is 1. The molecule has 0 aliphatic heterocycles. The molecule has 1 amide bonds. The topological polar surface area (TPSA) is 105 Å². The summed E-state index contributed by atoms with van der Waals surface area (Å²) < 4.78 is 0. The monoisotopic (exact) mass is 233 g/mol. The predicted octanol–water partition coefficient (Wildman–Crippen LogP) is 0.643. The second-order valence-electron chi connectivity index (χ2n) is 3.74. The van der Waals surface area contributed by atoms with E-state index in [0.717, 1.165) is 11.3 Å². The van der Waals surface area contributed by atoms with Crippen LogP contribution in [-0.2, 0) is 4.79 Å². The molecule has 6 heteroatoms. The summed E-state index contributed by atoms with van der Waals surface area (Å²) in [7, 11) is 0. The van der Waals surface area contributed by atoms with Crippen molar-refractivity contribution in [3.05, 3.63) is 16.8 Å². The zero-order valence-corrected chi connectivity index (χ0v) is 9.95. The molecule has 17 heavy (non-hydrogen) atoms. The van der Waals surface area contributed by atoms with E-state index in [0.29, 0.717) is 30.8 Å². The molecule has 0 unspecified atom stereocenters. The third kappa shape index (κ3) is 3.41. The number of hydrogen-bond donors (Lipinski definition) is 2. The highest BCUT2D eigenvalue weighted by molar-refractivity contribution is 5.73. The quantitative estimate of drug-likeness (QED) is 0.726. The van der Waals surface area contributed by atoms with Crippen LogP contribution in [0.2, 0.25) is 0 Å². The van der Waals surface area contributed by atoms with E-state index in [2.05, 4.69) is 21.6 Å². The van der Waals surface area contributed by atoms with Crippen molar-refractivity contribution in [1.82, 2.24) is 10.2 Å². The van der Waals surface area contributed by atoms with Gasteiger partial charge in [0.05, 0.1) is 5.69 Å². The van der Waals surface area contributed by atoms with Crippen LogP contribution in [0.15, 0.2) is 0 Å². The number of nitriles is 1. The number of carbonyl (C=O) groups is 1. The fourth-order valence-corrected chi connectivity index (χ4v) is 1.34. The largest absolute Gasteiger partial charge is 0.370 e. The summed E-state index contributed by atoms with van der Waals surface area (Å²) in [5.41, 5.74) is 7.08. The Hall–Kier alpha value is -2.16. The van der Waals surface area contributed by atoms with Crippen molar-refractivity contribution in [1.29, 1.82) is 5.26 Å². The van der Waals surface area contributed by atoms with Crippen LogP contribution in [-0.4, -0.2) is 22.6 Å². The second kappa shape index (κ2) is 5.80. The van der Waals surface area contributed by atoms with Crippen LogP contribution in [0.4, 0.5) is 5.82 Å². The van der Waals surface area contributed by atoms with Gasteiger partial charge in [-0.25, -0.2) is 0 Å². The first kappa shape index (κ1) is 12.9. The summed E-state index contributed by atoms with van der Waals surface area (Å²) in [6, 6.07) is 2.10. The average molecular weight is 233 g/mol. The third-order valence-corrected chi connectivity index (χ3v) is 2.46. The van der Waals surface area contributed by atoms with Gasteiger partial charge < -0.3 is 11.1 Å². The van der Waals surface area contributed by atoms with E-state index in [1.165, 1.54) is 0 Å². The summed E-state index contributed by atoms with van der Waals surface area (Å²) in [4.78, 5) is 10.5. The number of primary amides is 1. The summed E-state index contributed by atoms with van der Waals surface area (Å²) in [6.45, 7) is 4.17. The number of amides is 1. The molecule has 0 radical (unpaired) electrons. The number of aromatic nitrogens is 2. The smallest absolute Gasteiger partial charge is 0.217 e. The number of nitrogens with one attached hydrogen (secondary N) is 1. The molecule has 3 N–H and O–H groups in total. The zero-order valence-electron chi connectivity index (χ0n) is 9.95. The van der Waals surface area contributed by atoms with E-state index in [1.54, 1.807) is 6.92 Å². The molecular weight excluding hydrogens is 218 g/mol. The van der Waals surface area contributed by atoms with Crippen molar-refractivity contribution in [3.8, 4) is 6.07 Å². The number of nitrogens with zero attached hydrogens (tertiary/aromatic N) is 3. The normalized spacial score (nSPS) is 9.71. The van der Waals surface area contributed by atoms with Gasteiger partial charge in [-0.15, -0.1) is 5.10 Å². The Morgan fingerprint density at radius 1 is 1.47 bits per heavy atom. The van der Waals surface area contributed by atoms with Gasteiger partial charge in [-0.1, -0.05) is 0 Å². The minimum absolute atomic E-state index is 0.313. The van der Waals surface area contributed by atoms with Crippen LogP contribution in [0.1, 0.15) is 29.7 Å². The van der Waals surface area contributed by atoms with Gasteiger partial charge in [0.15, 0.2) is 5.82 Å². The first-order chi connectivity index (χ1) is 8.06. The molecule has 0 fully saturated rings. The standard InChI is InChI=1S/C11H15N5O/c1-7-8(2)15-16-11(9(7)6-12)14-5-3-4-10(13)17/h3-5H2,1-2H3,(H2,13,17)(H,14,16). The van der Waals surface area contributed by atoms with Gasteiger partial charge in [0, 0.05) is 13.0 Å². The van der Waals surface area contributed by atoms with Crippen LogP contribution in [0, 0.1) is 25.2 Å². The number of rotatable bonds is 5. The first-order valence-electron chi connectivity index (χ1n) is 5.32. The minimum Gasteiger partial charge on any atom is -0.370 e. The van der Waals surface area contributed by atoms with Crippen LogP contribution in [0.5, 0.6) is 0 Å². The lowest BCUT2D eigenvalue weighted by molar-refractivity contribution is -0.118. The zero-order chi connectivity index (χ0) is 12.8. The maximum atomic E-state index is 10.5. The van der Waals surface area contributed by atoms with Crippen LogP contribution in [0.3, 0.4) is 0 Å². The predicted molar refractivity (Wildman–Crippen MR) is 63.1 cm³/mol. The van der Waals surface area contributed by atoms with Crippen LogP contribution >= 0.6 is 0 Å². The molecule has 1 aromatic heterocycles. The van der Waals surface area contributed by atoms with E-state index in [1.807, 2.05) is 6.92 Å². The average Bonchev–Trinajstić information content (AvgIpc) is 2.29. The van der Waals surface area contributed by atoms with Gasteiger partial charge in [0.25, 0.3) is 0 Å². The molecule has 0 spiro atoms. The molecule has 6 nitrogen and oxygen atoms in total. The van der Waals surface area contributed by atoms with Crippen molar-refractivity contribution in [2.75, 3.05) is 11.9 Å². The minimum atomic E-state index is -0.335. The Balaban J connectivity index is 2.69. The molecule has 1 rings (SSSR count). The van der Waals surface area contributed by atoms with E-state index < -0.39 is 0 Å². The molecule has 0 aliphatic rings. The highest BCUT2D eigenvalue weighted by atomic mass is 16.1. The third-order valence-electron chi connectivity index (χ3n) is 2.46. The Morgan fingerprint density at radius 2 is 2.18 bits per heavy atom. The molecule has 0 bridgehead atoms. The maximum absolute atomic E-state index is 10.5. The van der Waals surface area contributed by atoms with Gasteiger partial charge >= 0.3 is 0 Å². The van der Waals surface area contributed by atoms with Gasteiger partial charge in [-0.3, -0.25) is 4.79 Å². The summed E-state index contributed by atoms with van der Waals surface area (Å²) in [6.07, 6.45) is 0.919.